The van der Waals surface area contributed by atoms with E-state index in [1.165, 1.54) is 12.1 Å². The highest BCUT2D eigenvalue weighted by molar-refractivity contribution is 5.83. The van der Waals surface area contributed by atoms with Crippen LogP contribution >= 0.6 is 0 Å². The zero-order valence-corrected chi connectivity index (χ0v) is 14.0. The first-order chi connectivity index (χ1) is 12.1. The van der Waals surface area contributed by atoms with E-state index in [1.807, 2.05) is 25.1 Å². The first-order valence-corrected chi connectivity index (χ1v) is 8.57. The lowest BCUT2D eigenvalue weighted by Gasteiger charge is -2.21. The van der Waals surface area contributed by atoms with Gasteiger partial charge in [0.15, 0.2) is 11.5 Å². The van der Waals surface area contributed by atoms with Gasteiger partial charge in [0.2, 0.25) is 5.91 Å². The molecule has 2 aliphatic rings. The van der Waals surface area contributed by atoms with Crippen LogP contribution in [0.5, 0.6) is 11.5 Å². The Morgan fingerprint density at radius 3 is 2.60 bits per heavy atom. The van der Waals surface area contributed by atoms with Crippen molar-refractivity contribution in [3.63, 3.8) is 0 Å². The van der Waals surface area contributed by atoms with Crippen LogP contribution in [0.25, 0.3) is 0 Å². The summed E-state index contributed by atoms with van der Waals surface area (Å²) in [5.74, 6) is 1.40. The summed E-state index contributed by atoms with van der Waals surface area (Å²) in [4.78, 5) is 12.5. The Balaban J connectivity index is 1.39. The van der Waals surface area contributed by atoms with Crippen molar-refractivity contribution < 1.29 is 18.7 Å². The Morgan fingerprint density at radius 2 is 1.84 bits per heavy atom. The summed E-state index contributed by atoms with van der Waals surface area (Å²) in [6.45, 7) is 3.06. The molecule has 1 aliphatic carbocycles. The minimum atomic E-state index is -0.252. The van der Waals surface area contributed by atoms with E-state index in [4.69, 9.17) is 9.47 Å². The molecule has 0 bridgehead atoms. The Morgan fingerprint density at radius 1 is 1.12 bits per heavy atom. The molecule has 1 fully saturated rings. The summed E-state index contributed by atoms with van der Waals surface area (Å²) in [5.41, 5.74) is 2.00. The van der Waals surface area contributed by atoms with Crippen LogP contribution in [0.15, 0.2) is 42.5 Å². The first-order valence-electron chi connectivity index (χ1n) is 8.57. The Labute approximate surface area is 146 Å². The van der Waals surface area contributed by atoms with Crippen LogP contribution in [0.3, 0.4) is 0 Å². The number of carbonyl (C=O) groups excluding carboxylic acids is 1. The smallest absolute Gasteiger partial charge is 0.224 e. The molecule has 3 unspecified atom stereocenters. The standard InChI is InChI=1S/C20H20FNO3/c1-12(14-4-7-18-19(10-14)25-9-8-24-18)22-20(23)17-11-16(17)13-2-5-15(21)6-3-13/h2-7,10,12,16-17H,8-9,11H2,1H3,(H,22,23). The summed E-state index contributed by atoms with van der Waals surface area (Å²) in [7, 11) is 0. The summed E-state index contributed by atoms with van der Waals surface area (Å²) in [6, 6.07) is 12.0. The van der Waals surface area contributed by atoms with Crippen LogP contribution in [0.4, 0.5) is 4.39 Å². The molecule has 5 heteroatoms. The van der Waals surface area contributed by atoms with Crippen LogP contribution < -0.4 is 14.8 Å². The third kappa shape index (κ3) is 3.31. The maximum atomic E-state index is 13.0. The SMILES string of the molecule is CC(NC(=O)C1CC1c1ccc(F)cc1)c1ccc2c(c1)OCCO2. The molecule has 1 saturated carbocycles. The minimum absolute atomic E-state index is 0.0369. The zero-order valence-electron chi connectivity index (χ0n) is 14.0. The Bertz CT molecular complexity index is 790. The Kier molecular flexibility index (Phi) is 4.07. The van der Waals surface area contributed by atoms with Crippen molar-refractivity contribution in [3.05, 3.63) is 59.4 Å². The minimum Gasteiger partial charge on any atom is -0.486 e. The summed E-state index contributed by atoms with van der Waals surface area (Å²) < 4.78 is 24.1. The number of hydrogen-bond donors (Lipinski definition) is 1. The van der Waals surface area contributed by atoms with Crippen LogP contribution in [0, 0.1) is 11.7 Å². The lowest BCUT2D eigenvalue weighted by atomic mass is 10.1. The number of amides is 1. The van der Waals surface area contributed by atoms with Crippen molar-refractivity contribution >= 4 is 5.91 Å². The average molecular weight is 341 g/mol. The molecule has 130 valence electrons. The molecule has 4 nitrogen and oxygen atoms in total. The van der Waals surface area contributed by atoms with Gasteiger partial charge in [-0.05, 0) is 54.7 Å². The first kappa shape index (κ1) is 15.9. The molecule has 1 amide bonds. The molecule has 0 saturated heterocycles. The molecular weight excluding hydrogens is 321 g/mol. The maximum absolute atomic E-state index is 13.0. The van der Waals surface area contributed by atoms with Gasteiger partial charge in [0.1, 0.15) is 19.0 Å². The molecule has 2 aromatic carbocycles. The third-order valence-corrected chi connectivity index (χ3v) is 4.85. The van der Waals surface area contributed by atoms with E-state index in [1.54, 1.807) is 12.1 Å². The molecule has 4 rings (SSSR count). The van der Waals surface area contributed by atoms with Crippen LogP contribution in [-0.2, 0) is 4.79 Å². The van der Waals surface area contributed by atoms with Gasteiger partial charge in [-0.25, -0.2) is 4.39 Å². The van der Waals surface area contributed by atoms with Crippen molar-refractivity contribution in [2.45, 2.75) is 25.3 Å². The van der Waals surface area contributed by atoms with Crippen molar-refractivity contribution in [3.8, 4) is 11.5 Å². The average Bonchev–Trinajstić information content (AvgIpc) is 3.43. The highest BCUT2D eigenvalue weighted by Crippen LogP contribution is 2.47. The molecule has 1 aliphatic heterocycles. The summed E-state index contributed by atoms with van der Waals surface area (Å²) >= 11 is 0. The predicted molar refractivity (Wildman–Crippen MR) is 91.2 cm³/mol. The number of ether oxygens (including phenoxy) is 2. The second-order valence-electron chi connectivity index (χ2n) is 6.63. The van der Waals surface area contributed by atoms with Gasteiger partial charge in [-0.2, -0.15) is 0 Å². The van der Waals surface area contributed by atoms with E-state index in [0.29, 0.717) is 13.2 Å². The molecule has 25 heavy (non-hydrogen) atoms. The molecular formula is C20H20FNO3. The normalized spacial score (nSPS) is 22.2. The summed E-state index contributed by atoms with van der Waals surface area (Å²) in [6.07, 6.45) is 0.811. The predicted octanol–water partition coefficient (Wildman–Crippen LogP) is 3.58. The third-order valence-electron chi connectivity index (χ3n) is 4.85. The van der Waals surface area contributed by atoms with E-state index in [2.05, 4.69) is 5.32 Å². The molecule has 0 aromatic heterocycles. The van der Waals surface area contributed by atoms with Crippen molar-refractivity contribution in [2.24, 2.45) is 5.92 Å². The molecule has 2 aromatic rings. The zero-order chi connectivity index (χ0) is 17.4. The number of carbonyl (C=O) groups is 1. The number of benzene rings is 2. The topological polar surface area (TPSA) is 47.6 Å². The van der Waals surface area contributed by atoms with Crippen molar-refractivity contribution in [1.82, 2.24) is 5.32 Å². The lowest BCUT2D eigenvalue weighted by molar-refractivity contribution is -0.123. The fraction of sp³-hybridized carbons (Fsp3) is 0.350. The Hall–Kier alpha value is -2.56. The number of halogens is 1. The van der Waals surface area contributed by atoms with Gasteiger partial charge in [0.25, 0.3) is 0 Å². The van der Waals surface area contributed by atoms with Crippen molar-refractivity contribution in [1.29, 1.82) is 0 Å². The molecule has 1 heterocycles. The van der Waals surface area contributed by atoms with Gasteiger partial charge in [-0.15, -0.1) is 0 Å². The van der Waals surface area contributed by atoms with Gasteiger partial charge in [0.05, 0.1) is 6.04 Å². The monoisotopic (exact) mass is 341 g/mol. The number of rotatable bonds is 4. The molecule has 0 radical (unpaired) electrons. The highest BCUT2D eigenvalue weighted by atomic mass is 19.1. The molecule has 0 spiro atoms. The van der Waals surface area contributed by atoms with E-state index in [9.17, 15) is 9.18 Å². The van der Waals surface area contributed by atoms with E-state index < -0.39 is 0 Å². The van der Waals surface area contributed by atoms with Gasteiger partial charge in [-0.3, -0.25) is 4.79 Å². The van der Waals surface area contributed by atoms with Gasteiger partial charge >= 0.3 is 0 Å². The van der Waals surface area contributed by atoms with Crippen LogP contribution in [-0.4, -0.2) is 19.1 Å². The van der Waals surface area contributed by atoms with Crippen LogP contribution in [0.2, 0.25) is 0 Å². The van der Waals surface area contributed by atoms with E-state index in [0.717, 1.165) is 29.0 Å². The quantitative estimate of drug-likeness (QED) is 0.925. The van der Waals surface area contributed by atoms with Crippen LogP contribution in [0.1, 0.15) is 36.4 Å². The van der Waals surface area contributed by atoms with Gasteiger partial charge < -0.3 is 14.8 Å². The number of nitrogens with one attached hydrogen (secondary N) is 1. The summed E-state index contributed by atoms with van der Waals surface area (Å²) in [5, 5.41) is 3.07. The largest absolute Gasteiger partial charge is 0.486 e. The van der Waals surface area contributed by atoms with E-state index in [-0.39, 0.29) is 29.6 Å². The maximum Gasteiger partial charge on any atom is 0.224 e. The number of hydrogen-bond acceptors (Lipinski definition) is 3. The molecule has 1 N–H and O–H groups in total. The fourth-order valence-electron chi connectivity index (χ4n) is 3.30. The second kappa shape index (κ2) is 6.39. The fourth-order valence-corrected chi connectivity index (χ4v) is 3.30. The van der Waals surface area contributed by atoms with Crippen molar-refractivity contribution in [2.75, 3.05) is 13.2 Å². The van der Waals surface area contributed by atoms with E-state index >= 15 is 0 Å². The number of fused-ring (bicyclic) bond motifs is 1. The highest BCUT2D eigenvalue weighted by Gasteiger charge is 2.44. The lowest BCUT2D eigenvalue weighted by Crippen LogP contribution is -2.28. The van der Waals surface area contributed by atoms with Gasteiger partial charge in [-0.1, -0.05) is 18.2 Å². The molecule has 3 atom stereocenters. The second-order valence-corrected chi connectivity index (χ2v) is 6.63. The van der Waals surface area contributed by atoms with Gasteiger partial charge in [0, 0.05) is 5.92 Å².